The molecule has 0 atom stereocenters. The molecule has 0 amide bonds. The highest BCUT2D eigenvalue weighted by atomic mass is 16.5. The summed E-state index contributed by atoms with van der Waals surface area (Å²) < 4.78 is 5.16. The zero-order valence-corrected chi connectivity index (χ0v) is 12.6. The summed E-state index contributed by atoms with van der Waals surface area (Å²) in [5.74, 6) is 0.888. The molecule has 3 nitrogen and oxygen atoms in total. The maximum Gasteiger partial charge on any atom is 0.118 e. The van der Waals surface area contributed by atoms with Crippen LogP contribution in [0.2, 0.25) is 0 Å². The van der Waals surface area contributed by atoms with Gasteiger partial charge in [-0.3, -0.25) is 0 Å². The van der Waals surface area contributed by atoms with Gasteiger partial charge in [0.25, 0.3) is 0 Å². The summed E-state index contributed by atoms with van der Waals surface area (Å²) in [5.41, 5.74) is 4.89. The maximum atomic E-state index is 5.16. The van der Waals surface area contributed by atoms with E-state index in [1.807, 2.05) is 12.1 Å². The molecule has 0 saturated carbocycles. The van der Waals surface area contributed by atoms with Crippen molar-refractivity contribution in [1.82, 2.24) is 0 Å². The molecule has 2 rings (SSSR count). The van der Waals surface area contributed by atoms with E-state index < -0.39 is 0 Å². The minimum absolute atomic E-state index is 0.805. The van der Waals surface area contributed by atoms with Crippen molar-refractivity contribution < 1.29 is 4.74 Å². The Hall–Kier alpha value is -2.16. The molecule has 0 bridgehead atoms. The van der Waals surface area contributed by atoms with Crippen LogP contribution >= 0.6 is 0 Å². The minimum Gasteiger partial charge on any atom is -0.497 e. The van der Waals surface area contributed by atoms with Crippen LogP contribution in [0.1, 0.15) is 11.1 Å². The smallest absolute Gasteiger partial charge is 0.118 e. The van der Waals surface area contributed by atoms with Crippen molar-refractivity contribution in [1.29, 1.82) is 0 Å². The molecule has 0 aromatic heterocycles. The van der Waals surface area contributed by atoms with E-state index in [4.69, 9.17) is 4.74 Å². The number of nitrogens with zero attached hydrogens (tertiary/aromatic N) is 1. The second kappa shape index (κ2) is 6.33. The van der Waals surface area contributed by atoms with E-state index in [1.165, 1.54) is 16.8 Å². The molecular formula is C17H22N2O. The van der Waals surface area contributed by atoms with E-state index in [-0.39, 0.29) is 0 Å². The average molecular weight is 270 g/mol. The molecule has 2 aromatic carbocycles. The number of hydrogen-bond acceptors (Lipinski definition) is 3. The van der Waals surface area contributed by atoms with Crippen molar-refractivity contribution >= 4 is 11.4 Å². The first-order valence-corrected chi connectivity index (χ1v) is 6.75. The third kappa shape index (κ3) is 3.44. The Bertz CT molecular complexity index is 562. The van der Waals surface area contributed by atoms with Crippen LogP contribution < -0.4 is 15.0 Å². The molecule has 0 unspecified atom stereocenters. The average Bonchev–Trinajstić information content (AvgIpc) is 2.46. The predicted octanol–water partition coefficient (Wildman–Crippen LogP) is 3.68. The van der Waals surface area contributed by atoms with Gasteiger partial charge in [-0.05, 0) is 42.3 Å². The second-order valence-corrected chi connectivity index (χ2v) is 5.10. The van der Waals surface area contributed by atoms with E-state index in [0.717, 1.165) is 18.0 Å². The Morgan fingerprint density at radius 2 is 1.75 bits per heavy atom. The van der Waals surface area contributed by atoms with Crippen LogP contribution in [0.5, 0.6) is 5.75 Å². The normalized spacial score (nSPS) is 10.2. The highest BCUT2D eigenvalue weighted by Crippen LogP contribution is 2.23. The fraction of sp³-hybridized carbons (Fsp3) is 0.294. The summed E-state index contributed by atoms with van der Waals surface area (Å²) in [4.78, 5) is 2.13. The first-order chi connectivity index (χ1) is 9.60. The molecule has 2 aromatic rings. The van der Waals surface area contributed by atoms with Gasteiger partial charge in [0.2, 0.25) is 0 Å². The maximum absolute atomic E-state index is 5.16. The largest absolute Gasteiger partial charge is 0.497 e. The van der Waals surface area contributed by atoms with Crippen LogP contribution in [0, 0.1) is 6.92 Å². The molecule has 0 spiro atoms. The van der Waals surface area contributed by atoms with Gasteiger partial charge in [0, 0.05) is 32.0 Å². The number of hydrogen-bond donors (Lipinski definition) is 1. The van der Waals surface area contributed by atoms with Gasteiger partial charge in [-0.25, -0.2) is 0 Å². The minimum atomic E-state index is 0.805. The van der Waals surface area contributed by atoms with Crippen molar-refractivity contribution in [2.75, 3.05) is 31.4 Å². The van der Waals surface area contributed by atoms with Crippen LogP contribution in [0.4, 0.5) is 11.4 Å². The third-order valence-electron chi connectivity index (χ3n) is 3.35. The van der Waals surface area contributed by atoms with Gasteiger partial charge >= 0.3 is 0 Å². The summed E-state index contributed by atoms with van der Waals surface area (Å²) in [7, 11) is 5.81. The summed E-state index contributed by atoms with van der Waals surface area (Å²) >= 11 is 0. The molecule has 0 heterocycles. The Kier molecular flexibility index (Phi) is 4.51. The van der Waals surface area contributed by atoms with Gasteiger partial charge in [0.15, 0.2) is 0 Å². The molecule has 0 aliphatic rings. The van der Waals surface area contributed by atoms with Crippen molar-refractivity contribution in [2.24, 2.45) is 0 Å². The van der Waals surface area contributed by atoms with Crippen LogP contribution in [0.3, 0.4) is 0 Å². The standard InChI is InChI=1S/C17H22N2O/c1-13-5-8-15(11-17(13)19(2)3)18-12-14-6-9-16(20-4)10-7-14/h5-11,18H,12H2,1-4H3. The summed E-state index contributed by atoms with van der Waals surface area (Å²) in [6.07, 6.45) is 0. The van der Waals surface area contributed by atoms with Crippen molar-refractivity contribution in [2.45, 2.75) is 13.5 Å². The molecule has 0 saturated heterocycles. The number of benzene rings is 2. The van der Waals surface area contributed by atoms with Gasteiger partial charge in [0.1, 0.15) is 5.75 Å². The van der Waals surface area contributed by atoms with Gasteiger partial charge < -0.3 is 15.0 Å². The van der Waals surface area contributed by atoms with E-state index in [2.05, 4.69) is 61.6 Å². The molecule has 0 aliphatic carbocycles. The second-order valence-electron chi connectivity index (χ2n) is 5.10. The molecule has 20 heavy (non-hydrogen) atoms. The Labute approximate surface area is 121 Å². The Morgan fingerprint density at radius 3 is 2.35 bits per heavy atom. The number of nitrogens with one attached hydrogen (secondary N) is 1. The number of methoxy groups -OCH3 is 1. The van der Waals surface area contributed by atoms with Crippen LogP contribution in [-0.4, -0.2) is 21.2 Å². The lowest BCUT2D eigenvalue weighted by molar-refractivity contribution is 0.414. The molecule has 3 heteroatoms. The summed E-state index contributed by atoms with van der Waals surface area (Å²) in [5, 5.41) is 3.45. The lowest BCUT2D eigenvalue weighted by atomic mass is 10.1. The highest BCUT2D eigenvalue weighted by Gasteiger charge is 2.02. The topological polar surface area (TPSA) is 24.5 Å². The Morgan fingerprint density at radius 1 is 1.05 bits per heavy atom. The van der Waals surface area contributed by atoms with Gasteiger partial charge in [0.05, 0.1) is 7.11 Å². The number of rotatable bonds is 5. The number of anilines is 2. The van der Waals surface area contributed by atoms with E-state index >= 15 is 0 Å². The third-order valence-corrected chi connectivity index (χ3v) is 3.35. The predicted molar refractivity (Wildman–Crippen MR) is 85.8 cm³/mol. The first kappa shape index (κ1) is 14.3. The summed E-state index contributed by atoms with van der Waals surface area (Å²) in [6, 6.07) is 14.6. The monoisotopic (exact) mass is 270 g/mol. The van der Waals surface area contributed by atoms with E-state index in [9.17, 15) is 0 Å². The van der Waals surface area contributed by atoms with Gasteiger partial charge in [-0.1, -0.05) is 18.2 Å². The van der Waals surface area contributed by atoms with Crippen molar-refractivity contribution in [3.63, 3.8) is 0 Å². The SMILES string of the molecule is COc1ccc(CNc2ccc(C)c(N(C)C)c2)cc1. The molecule has 0 radical (unpaired) electrons. The molecule has 0 aliphatic heterocycles. The van der Waals surface area contributed by atoms with Gasteiger partial charge in [-0.2, -0.15) is 0 Å². The first-order valence-electron chi connectivity index (χ1n) is 6.75. The zero-order chi connectivity index (χ0) is 14.5. The molecule has 106 valence electrons. The lowest BCUT2D eigenvalue weighted by Crippen LogP contribution is -2.10. The van der Waals surface area contributed by atoms with Crippen LogP contribution in [0.25, 0.3) is 0 Å². The lowest BCUT2D eigenvalue weighted by Gasteiger charge is -2.17. The summed E-state index contributed by atoms with van der Waals surface area (Å²) in [6.45, 7) is 2.93. The fourth-order valence-electron chi connectivity index (χ4n) is 2.15. The molecule has 0 fully saturated rings. The van der Waals surface area contributed by atoms with E-state index in [1.54, 1.807) is 7.11 Å². The number of aryl methyl sites for hydroxylation is 1. The molecule has 1 N–H and O–H groups in total. The van der Waals surface area contributed by atoms with E-state index in [0.29, 0.717) is 0 Å². The highest BCUT2D eigenvalue weighted by molar-refractivity contribution is 5.61. The molecular weight excluding hydrogens is 248 g/mol. The zero-order valence-electron chi connectivity index (χ0n) is 12.6. The van der Waals surface area contributed by atoms with Crippen molar-refractivity contribution in [3.05, 3.63) is 53.6 Å². The van der Waals surface area contributed by atoms with Crippen LogP contribution in [-0.2, 0) is 6.54 Å². The quantitative estimate of drug-likeness (QED) is 0.897. The van der Waals surface area contributed by atoms with Gasteiger partial charge in [-0.15, -0.1) is 0 Å². The Balaban J connectivity index is 2.04. The van der Waals surface area contributed by atoms with Crippen LogP contribution in [0.15, 0.2) is 42.5 Å². The number of ether oxygens (including phenoxy) is 1. The van der Waals surface area contributed by atoms with Crippen molar-refractivity contribution in [3.8, 4) is 5.75 Å². The fourth-order valence-corrected chi connectivity index (χ4v) is 2.15.